The fourth-order valence-corrected chi connectivity index (χ4v) is 15.9. The first-order chi connectivity index (χ1) is 48.2. The van der Waals surface area contributed by atoms with Crippen molar-refractivity contribution in [3.8, 4) is 0 Å². The molecule has 30 heteroatoms. The Labute approximate surface area is 595 Å². The van der Waals surface area contributed by atoms with Gasteiger partial charge in [0, 0.05) is 111 Å². The summed E-state index contributed by atoms with van der Waals surface area (Å²) in [6.07, 6.45) is 8.17. The largest absolute Gasteiger partial charge is 0.501 e. The summed E-state index contributed by atoms with van der Waals surface area (Å²) in [6, 6.07) is 28.7. The van der Waals surface area contributed by atoms with Crippen molar-refractivity contribution in [1.82, 2.24) is 39.7 Å². The summed E-state index contributed by atoms with van der Waals surface area (Å²) >= 11 is 7.56. The minimum atomic E-state index is -6.19. The van der Waals surface area contributed by atoms with Gasteiger partial charge in [-0.1, -0.05) is 85.5 Å². The first-order valence-corrected chi connectivity index (χ1v) is 37.9. The summed E-state index contributed by atoms with van der Waals surface area (Å²) in [5.41, 5.74) is -0.0427. The normalized spacial score (nSPS) is 17.0. The molecule has 4 N–H and O–H groups in total. The molecule has 540 valence electrons. The molecule has 101 heavy (non-hydrogen) atoms. The number of nitrogens with one attached hydrogen (secondary N) is 4. The number of piperazine rings is 1. The minimum absolute atomic E-state index is 0.0224. The van der Waals surface area contributed by atoms with Gasteiger partial charge >= 0.3 is 5.51 Å². The standard InChI is InChI=1S/C71H83ClF3N11O12S3/c1-70(2)31-29-57(48-17-21-51(72)22-18-48)50(43-70)44-83-35-37-84(38-36-83)54-23-19-49(20-24-54)66(89)80-101(95,96)56-25-26-59(62(42-56)100(93,94)71(73,74)75)77-52(47-99-55-12-7-6-8-13-55)30-34-82(3)64(88)16-9-4-5-10-33-85-45-53(79-81-85)46-98-41-40-97-39-32-76-60-15-11-14-58-65(60)69(92)86(68(58)91)61-27-28-63(87)78-67(61)90/h6-8,11-15,17-26,42,45,52,61,76-77H,4-5,9-10,16,27-41,43-44,46-47H2,1-3H3,(H,80,89)(H,78,87,90)/t52-,61-/m1/s1. The van der Waals surface area contributed by atoms with Crippen molar-refractivity contribution in [2.24, 2.45) is 5.41 Å². The predicted octanol–water partition coefficient (Wildman–Crippen LogP) is 10.2. The average Bonchev–Trinajstić information content (AvgIpc) is 1.70. The van der Waals surface area contributed by atoms with Gasteiger partial charge in [-0.05, 0) is 140 Å². The van der Waals surface area contributed by atoms with Gasteiger partial charge in [-0.15, -0.1) is 16.9 Å². The molecule has 0 unspecified atom stereocenters. The van der Waals surface area contributed by atoms with Crippen molar-refractivity contribution in [3.05, 3.63) is 160 Å². The number of rotatable bonds is 33. The number of benzene rings is 5. The average molecular weight is 1470 g/mol. The Kier molecular flexibility index (Phi) is 25.2. The Bertz CT molecular complexity index is 4230. The molecule has 2 fully saturated rings. The number of imide groups is 2. The number of fused-ring (bicyclic) bond motifs is 1. The number of halogens is 4. The number of piperidine rings is 1. The Morgan fingerprint density at radius 2 is 1.56 bits per heavy atom. The molecule has 1 aromatic heterocycles. The number of ether oxygens (including phenoxy) is 2. The molecule has 6 aromatic rings. The minimum Gasteiger partial charge on any atom is -0.382 e. The van der Waals surface area contributed by atoms with Gasteiger partial charge in [0.15, 0.2) is 0 Å². The van der Waals surface area contributed by atoms with Crippen LogP contribution in [0.5, 0.6) is 0 Å². The molecule has 0 bridgehead atoms. The molecule has 0 radical (unpaired) electrons. The number of sulfone groups is 1. The van der Waals surface area contributed by atoms with Crippen LogP contribution in [0, 0.1) is 5.41 Å². The lowest BCUT2D eigenvalue weighted by atomic mass is 9.73. The molecule has 10 rings (SSSR count). The molecule has 4 aliphatic rings. The summed E-state index contributed by atoms with van der Waals surface area (Å²) in [5.74, 6) is -3.38. The van der Waals surface area contributed by atoms with Crippen LogP contribution in [0.15, 0.2) is 142 Å². The maximum atomic E-state index is 14.5. The van der Waals surface area contributed by atoms with Crippen LogP contribution in [0.3, 0.4) is 0 Å². The van der Waals surface area contributed by atoms with Crippen molar-refractivity contribution in [3.63, 3.8) is 0 Å². The van der Waals surface area contributed by atoms with Crippen LogP contribution in [0.4, 0.5) is 30.2 Å². The second-order valence-corrected chi connectivity index (χ2v) is 31.4. The van der Waals surface area contributed by atoms with Crippen molar-refractivity contribution in [1.29, 1.82) is 0 Å². The number of thioether (sulfide) groups is 1. The third-order valence-corrected chi connectivity index (χ3v) is 22.6. The number of nitrogens with zero attached hydrogens (tertiary/aromatic N) is 7. The molecule has 1 aliphatic carbocycles. The summed E-state index contributed by atoms with van der Waals surface area (Å²) in [6.45, 7) is 10.4. The Hall–Kier alpha value is -8.19. The molecule has 3 aliphatic heterocycles. The number of unbranched alkanes of at least 4 members (excludes halogenated alkanes) is 3. The Balaban J connectivity index is 0.653. The van der Waals surface area contributed by atoms with E-state index >= 15 is 0 Å². The number of allylic oxidation sites excluding steroid dienone is 1. The van der Waals surface area contributed by atoms with E-state index in [1.165, 1.54) is 51.6 Å². The molecule has 2 atom stereocenters. The molecular weight excluding hydrogens is 1390 g/mol. The third-order valence-electron chi connectivity index (χ3n) is 18.3. The quantitative estimate of drug-likeness (QED) is 0.0169. The summed E-state index contributed by atoms with van der Waals surface area (Å²) in [5, 5.41) is 17.3. The number of aromatic nitrogens is 3. The SMILES string of the molecule is CN(CC[C@H](CSc1ccccc1)Nc1ccc(S(=O)(=O)NC(=O)c2ccc(N3CCN(CC4=C(c5ccc(Cl)cc5)CCC(C)(C)C4)CC3)cc2)cc1S(=O)(=O)C(F)(F)F)C(=O)CCCCCCn1cc(COCCOCCNc2cccc3c2C(=O)N([C@@H]2CCC(=O)NC2=O)C3=O)nn1. The van der Waals surface area contributed by atoms with Gasteiger partial charge in [-0.3, -0.25) is 48.6 Å². The predicted molar refractivity (Wildman–Crippen MR) is 377 cm³/mol. The lowest BCUT2D eigenvalue weighted by Crippen LogP contribution is -2.54. The van der Waals surface area contributed by atoms with E-state index in [1.54, 1.807) is 42.2 Å². The zero-order valence-electron chi connectivity index (χ0n) is 56.4. The third kappa shape index (κ3) is 19.7. The zero-order valence-corrected chi connectivity index (χ0v) is 59.6. The first kappa shape index (κ1) is 75.5. The van der Waals surface area contributed by atoms with E-state index in [9.17, 15) is 58.8 Å². The van der Waals surface area contributed by atoms with Crippen LogP contribution < -0.4 is 25.6 Å². The number of sulfonamides is 1. The maximum absolute atomic E-state index is 14.5. The molecule has 5 aromatic carbocycles. The number of carbonyl (C=O) groups excluding carboxylic acids is 6. The van der Waals surface area contributed by atoms with E-state index in [-0.39, 0.29) is 92.4 Å². The van der Waals surface area contributed by atoms with Crippen molar-refractivity contribution >= 4 is 101 Å². The lowest BCUT2D eigenvalue weighted by Gasteiger charge is -2.39. The van der Waals surface area contributed by atoms with Crippen LogP contribution in [0.1, 0.15) is 127 Å². The number of hydrogen-bond acceptors (Lipinski definition) is 19. The van der Waals surface area contributed by atoms with Crippen LogP contribution in [-0.4, -0.2) is 178 Å². The second-order valence-electron chi connectivity index (χ2n) is 26.3. The van der Waals surface area contributed by atoms with E-state index in [1.807, 2.05) is 47.2 Å². The highest BCUT2D eigenvalue weighted by Gasteiger charge is 2.49. The van der Waals surface area contributed by atoms with Gasteiger partial charge in [-0.2, -0.15) is 13.2 Å². The van der Waals surface area contributed by atoms with Crippen LogP contribution in [0.25, 0.3) is 5.57 Å². The molecule has 2 saturated heterocycles. The topological polar surface area (TPSA) is 281 Å². The number of hydrogen-bond donors (Lipinski definition) is 4. The number of anilines is 3. The second kappa shape index (κ2) is 33.7. The van der Waals surface area contributed by atoms with Crippen molar-refractivity contribution < 1.29 is 68.2 Å². The smallest absolute Gasteiger partial charge is 0.382 e. The molecule has 6 amide bonds. The van der Waals surface area contributed by atoms with E-state index in [4.69, 9.17) is 21.1 Å². The molecule has 0 saturated carbocycles. The van der Waals surface area contributed by atoms with Gasteiger partial charge in [0.2, 0.25) is 17.7 Å². The van der Waals surface area contributed by atoms with Crippen molar-refractivity contribution in [2.75, 3.05) is 94.0 Å². The lowest BCUT2D eigenvalue weighted by molar-refractivity contribution is -0.136. The van der Waals surface area contributed by atoms with E-state index in [2.05, 4.69) is 62.0 Å². The molecule has 23 nitrogen and oxygen atoms in total. The molecule has 4 heterocycles. The number of amides is 6. The van der Waals surface area contributed by atoms with Gasteiger partial charge in [-0.25, -0.2) is 21.6 Å². The highest BCUT2D eigenvalue weighted by atomic mass is 35.5. The van der Waals surface area contributed by atoms with E-state index in [0.717, 1.165) is 85.8 Å². The fraction of sp³-hybridized carbons (Fsp3) is 0.437. The zero-order chi connectivity index (χ0) is 72.1. The van der Waals surface area contributed by atoms with Crippen LogP contribution in [0.2, 0.25) is 5.02 Å². The first-order valence-electron chi connectivity index (χ1n) is 33.6. The number of alkyl halides is 3. The van der Waals surface area contributed by atoms with Crippen LogP contribution in [-0.2, 0) is 56.9 Å². The van der Waals surface area contributed by atoms with Crippen LogP contribution >= 0.6 is 23.4 Å². The Morgan fingerprint density at radius 1 is 0.832 bits per heavy atom. The summed E-state index contributed by atoms with van der Waals surface area (Å²) in [4.78, 5) is 83.2. The Morgan fingerprint density at radius 3 is 2.30 bits per heavy atom. The molecule has 0 spiro atoms. The number of carbonyl (C=O) groups is 6. The van der Waals surface area contributed by atoms with Gasteiger partial charge < -0.3 is 29.9 Å². The van der Waals surface area contributed by atoms with Gasteiger partial charge in [0.25, 0.3) is 37.6 Å². The van der Waals surface area contributed by atoms with Gasteiger partial charge in [0.05, 0.1) is 54.3 Å². The highest BCUT2D eigenvalue weighted by molar-refractivity contribution is 7.99. The summed E-state index contributed by atoms with van der Waals surface area (Å²) < 4.78 is 113. The maximum Gasteiger partial charge on any atom is 0.501 e. The van der Waals surface area contributed by atoms with Crippen molar-refractivity contribution in [2.45, 2.75) is 130 Å². The number of aryl methyl sites for hydroxylation is 1. The summed E-state index contributed by atoms with van der Waals surface area (Å²) in [7, 11) is -9.54. The fourth-order valence-electron chi connectivity index (χ4n) is 12.7. The highest BCUT2D eigenvalue weighted by Crippen LogP contribution is 2.43. The van der Waals surface area contributed by atoms with Gasteiger partial charge in [0.1, 0.15) is 16.6 Å². The van der Waals surface area contributed by atoms with E-state index in [0.29, 0.717) is 55.1 Å². The van der Waals surface area contributed by atoms with E-state index < -0.39 is 82.5 Å². The molecular formula is C71H83ClF3N11O12S3. The monoisotopic (exact) mass is 1470 g/mol.